The van der Waals surface area contributed by atoms with Crippen LogP contribution in [0.5, 0.6) is 0 Å². The van der Waals surface area contributed by atoms with Gasteiger partial charge in [-0.1, -0.05) is 67.1 Å². The second kappa shape index (κ2) is 12.5. The maximum atomic E-state index is 13.8. The van der Waals surface area contributed by atoms with Crippen molar-refractivity contribution in [2.45, 2.75) is 51.6 Å². The largest absolute Gasteiger partial charge is 0.355 e. The van der Waals surface area contributed by atoms with Crippen molar-refractivity contribution in [1.29, 1.82) is 0 Å². The van der Waals surface area contributed by atoms with Gasteiger partial charge in [0.15, 0.2) is 0 Å². The number of carbonyl (C=O) groups is 2. The van der Waals surface area contributed by atoms with E-state index in [1.54, 1.807) is 37.3 Å². The van der Waals surface area contributed by atoms with E-state index in [0.717, 1.165) is 27.4 Å². The third kappa shape index (κ3) is 6.98. The van der Waals surface area contributed by atoms with Gasteiger partial charge >= 0.3 is 0 Å². The predicted molar refractivity (Wildman–Crippen MR) is 147 cm³/mol. The van der Waals surface area contributed by atoms with Gasteiger partial charge in [0.05, 0.1) is 10.6 Å². The number of carbonyl (C=O) groups excluding carboxylic acids is 2. The lowest BCUT2D eigenvalue weighted by Gasteiger charge is -2.32. The van der Waals surface area contributed by atoms with Gasteiger partial charge in [-0.2, -0.15) is 0 Å². The monoisotopic (exact) mass is 521 g/mol. The minimum atomic E-state index is -4.05. The zero-order chi connectivity index (χ0) is 27.0. The Morgan fingerprint density at radius 2 is 1.46 bits per heavy atom. The number of likely N-dealkylation sites (N-methyl/N-ethyl adjacent to an activating group) is 1. The highest BCUT2D eigenvalue weighted by Gasteiger charge is 2.32. The van der Waals surface area contributed by atoms with Crippen molar-refractivity contribution in [3.05, 3.63) is 95.6 Å². The molecule has 0 aromatic heterocycles. The molecular formula is C29H35N3O4S. The number of anilines is 1. The van der Waals surface area contributed by atoms with Crippen LogP contribution in [0.15, 0.2) is 83.8 Å². The van der Waals surface area contributed by atoms with Gasteiger partial charge in [-0.25, -0.2) is 8.42 Å². The normalized spacial score (nSPS) is 12.0. The van der Waals surface area contributed by atoms with Crippen molar-refractivity contribution < 1.29 is 18.0 Å². The van der Waals surface area contributed by atoms with E-state index in [9.17, 15) is 18.0 Å². The first kappa shape index (κ1) is 27.9. The second-order valence-corrected chi connectivity index (χ2v) is 10.8. The quantitative estimate of drug-likeness (QED) is 0.408. The molecule has 196 valence electrons. The summed E-state index contributed by atoms with van der Waals surface area (Å²) in [5, 5.41) is 2.76. The van der Waals surface area contributed by atoms with Crippen LogP contribution in [0.4, 0.5) is 5.69 Å². The Balaban J connectivity index is 2.01. The van der Waals surface area contributed by atoms with Gasteiger partial charge in [-0.05, 0) is 62.6 Å². The van der Waals surface area contributed by atoms with Gasteiger partial charge in [0, 0.05) is 13.1 Å². The molecule has 3 aromatic carbocycles. The van der Waals surface area contributed by atoms with Gasteiger partial charge in [0.1, 0.15) is 12.6 Å². The third-order valence-corrected chi connectivity index (χ3v) is 8.02. The van der Waals surface area contributed by atoms with Crippen LogP contribution >= 0.6 is 0 Å². The molecule has 0 aliphatic rings. The van der Waals surface area contributed by atoms with E-state index >= 15 is 0 Å². The van der Waals surface area contributed by atoms with Crippen LogP contribution in [0.3, 0.4) is 0 Å². The summed E-state index contributed by atoms with van der Waals surface area (Å²) in [6, 6.07) is 22.1. The van der Waals surface area contributed by atoms with Crippen molar-refractivity contribution in [1.82, 2.24) is 10.2 Å². The van der Waals surface area contributed by atoms with Crippen molar-refractivity contribution in [3.8, 4) is 0 Å². The molecule has 2 amide bonds. The lowest BCUT2D eigenvalue weighted by molar-refractivity contribution is -0.139. The first-order chi connectivity index (χ1) is 17.7. The number of sulfonamides is 1. The Kier molecular flexibility index (Phi) is 9.47. The standard InChI is InChI=1S/C29H35N3O4S/c1-5-24-16-18-26(19-17-24)32(37(35,36)27-10-8-7-9-11-27)21-28(33)31(23(4)29(34)30-6-2)20-25-14-12-22(3)13-15-25/h7-19,23H,5-6,20-21H2,1-4H3,(H,30,34)/t23-/m1/s1. The van der Waals surface area contributed by atoms with E-state index in [2.05, 4.69) is 5.32 Å². The summed E-state index contributed by atoms with van der Waals surface area (Å²) in [7, 11) is -4.05. The smallest absolute Gasteiger partial charge is 0.264 e. The summed E-state index contributed by atoms with van der Waals surface area (Å²) in [4.78, 5) is 28.1. The summed E-state index contributed by atoms with van der Waals surface area (Å²) in [6.07, 6.45) is 0.805. The van der Waals surface area contributed by atoms with E-state index < -0.39 is 28.5 Å². The number of benzene rings is 3. The average Bonchev–Trinajstić information content (AvgIpc) is 2.91. The lowest BCUT2D eigenvalue weighted by atomic mass is 10.1. The number of aryl methyl sites for hydroxylation is 2. The van der Waals surface area contributed by atoms with E-state index in [0.29, 0.717) is 12.2 Å². The number of rotatable bonds is 11. The van der Waals surface area contributed by atoms with Crippen molar-refractivity contribution in [2.24, 2.45) is 0 Å². The van der Waals surface area contributed by atoms with Crippen LogP contribution in [-0.4, -0.2) is 44.3 Å². The molecule has 3 aromatic rings. The molecule has 0 bridgehead atoms. The topological polar surface area (TPSA) is 86.8 Å². The number of amides is 2. The highest BCUT2D eigenvalue weighted by atomic mass is 32.2. The summed E-state index contributed by atoms with van der Waals surface area (Å²) < 4.78 is 28.6. The number of hydrogen-bond donors (Lipinski definition) is 1. The van der Waals surface area contributed by atoms with Crippen molar-refractivity contribution >= 4 is 27.5 Å². The SMILES string of the molecule is CCNC(=O)[C@@H](C)N(Cc1ccc(C)cc1)C(=O)CN(c1ccc(CC)cc1)S(=O)(=O)c1ccccc1. The van der Waals surface area contributed by atoms with Crippen LogP contribution in [0, 0.1) is 6.92 Å². The van der Waals surface area contributed by atoms with E-state index in [1.807, 2.05) is 57.2 Å². The maximum absolute atomic E-state index is 13.8. The summed E-state index contributed by atoms with van der Waals surface area (Å²) in [6.45, 7) is 7.61. The minimum absolute atomic E-state index is 0.0872. The molecule has 7 nitrogen and oxygen atoms in total. The van der Waals surface area contributed by atoms with Gasteiger partial charge in [0.2, 0.25) is 11.8 Å². The van der Waals surface area contributed by atoms with Crippen molar-refractivity contribution in [2.75, 3.05) is 17.4 Å². The van der Waals surface area contributed by atoms with E-state index in [-0.39, 0.29) is 17.3 Å². The molecule has 0 aliphatic carbocycles. The fourth-order valence-corrected chi connectivity index (χ4v) is 5.38. The maximum Gasteiger partial charge on any atom is 0.264 e. The molecule has 0 saturated carbocycles. The Hall–Kier alpha value is -3.65. The van der Waals surface area contributed by atoms with Crippen molar-refractivity contribution in [3.63, 3.8) is 0 Å². The van der Waals surface area contributed by atoms with Gasteiger partial charge in [0.25, 0.3) is 10.0 Å². The van der Waals surface area contributed by atoms with Gasteiger partial charge in [-0.15, -0.1) is 0 Å². The van der Waals surface area contributed by atoms with Gasteiger partial charge in [-0.3, -0.25) is 13.9 Å². The zero-order valence-electron chi connectivity index (χ0n) is 21.8. The van der Waals surface area contributed by atoms with Crippen LogP contribution in [0.25, 0.3) is 0 Å². The van der Waals surface area contributed by atoms with E-state index in [4.69, 9.17) is 0 Å². The summed E-state index contributed by atoms with van der Waals surface area (Å²) in [5.74, 6) is -0.772. The van der Waals surface area contributed by atoms with Crippen LogP contribution in [0.2, 0.25) is 0 Å². The molecule has 0 fully saturated rings. The molecule has 3 rings (SSSR count). The van der Waals surface area contributed by atoms with Gasteiger partial charge < -0.3 is 10.2 Å². The van der Waals surface area contributed by atoms with Crippen LogP contribution in [-0.2, 0) is 32.6 Å². The number of nitrogens with zero attached hydrogens (tertiary/aromatic N) is 2. The predicted octanol–water partition coefficient (Wildman–Crippen LogP) is 4.31. The first-order valence-corrected chi connectivity index (χ1v) is 13.9. The molecule has 0 heterocycles. The second-order valence-electron chi connectivity index (χ2n) is 8.92. The Morgan fingerprint density at radius 3 is 2.03 bits per heavy atom. The molecule has 0 aliphatic heterocycles. The molecule has 1 N–H and O–H groups in total. The Bertz CT molecular complexity index is 1290. The Labute approximate surface area is 220 Å². The first-order valence-electron chi connectivity index (χ1n) is 12.5. The number of hydrogen-bond acceptors (Lipinski definition) is 4. The van der Waals surface area contributed by atoms with E-state index in [1.165, 1.54) is 17.0 Å². The fourth-order valence-electron chi connectivity index (χ4n) is 3.94. The summed E-state index contributed by atoms with van der Waals surface area (Å²) >= 11 is 0. The molecule has 0 spiro atoms. The minimum Gasteiger partial charge on any atom is -0.355 e. The molecular weight excluding hydrogens is 486 g/mol. The Morgan fingerprint density at radius 1 is 0.865 bits per heavy atom. The molecule has 1 atom stereocenters. The highest BCUT2D eigenvalue weighted by molar-refractivity contribution is 7.92. The molecule has 0 radical (unpaired) electrons. The molecule has 0 unspecified atom stereocenters. The fraction of sp³-hybridized carbons (Fsp3) is 0.310. The van der Waals surface area contributed by atoms with Crippen LogP contribution in [0.1, 0.15) is 37.5 Å². The number of nitrogens with one attached hydrogen (secondary N) is 1. The zero-order valence-corrected chi connectivity index (χ0v) is 22.7. The summed E-state index contributed by atoms with van der Waals surface area (Å²) in [5.41, 5.74) is 3.36. The average molecular weight is 522 g/mol. The third-order valence-electron chi connectivity index (χ3n) is 6.23. The van der Waals surface area contributed by atoms with Crippen LogP contribution < -0.4 is 9.62 Å². The molecule has 8 heteroatoms. The lowest BCUT2D eigenvalue weighted by Crippen LogP contribution is -2.51. The molecule has 0 saturated heterocycles. The molecule has 37 heavy (non-hydrogen) atoms. The highest BCUT2D eigenvalue weighted by Crippen LogP contribution is 2.25.